The third-order valence-corrected chi connectivity index (χ3v) is 13.3. The van der Waals surface area contributed by atoms with Crippen LogP contribution in [0.4, 0.5) is 0 Å². The molecule has 0 saturated heterocycles. The highest BCUT2D eigenvalue weighted by atomic mass is 15.2. The van der Waals surface area contributed by atoms with E-state index in [1.807, 2.05) is 0 Å². The predicted octanol–water partition coefficient (Wildman–Crippen LogP) is 8.76. The maximum absolute atomic E-state index is 5.09. The van der Waals surface area contributed by atoms with Crippen molar-refractivity contribution in [2.24, 2.45) is 16.7 Å². The standard InChI is InChI=1S/C35H53N2/c1-15-27-34(16-2)23-19-25-24(30(7,8)32(11,12)33(13,14)31(25,9)10)18-22(23)26-20-36-28(29(4,5)6)21-37(26)35(27,34)17-3/h18-21,27H,15-17H2,1-14H3/q+1. The molecule has 37 heavy (non-hydrogen) atoms. The number of aromatic nitrogens is 2. The van der Waals surface area contributed by atoms with Crippen LogP contribution in [0.5, 0.6) is 0 Å². The van der Waals surface area contributed by atoms with Gasteiger partial charge < -0.3 is 0 Å². The van der Waals surface area contributed by atoms with Crippen LogP contribution < -0.4 is 4.57 Å². The van der Waals surface area contributed by atoms with E-state index in [2.05, 4.69) is 126 Å². The Morgan fingerprint density at radius 2 is 1.32 bits per heavy atom. The van der Waals surface area contributed by atoms with Crippen molar-refractivity contribution in [2.45, 2.75) is 143 Å². The van der Waals surface area contributed by atoms with Gasteiger partial charge in [-0.05, 0) is 57.3 Å². The zero-order valence-corrected chi connectivity index (χ0v) is 26.4. The van der Waals surface area contributed by atoms with Crippen LogP contribution in [-0.4, -0.2) is 4.98 Å². The van der Waals surface area contributed by atoms with E-state index in [0.29, 0.717) is 5.92 Å². The van der Waals surface area contributed by atoms with Gasteiger partial charge in [0.25, 0.3) is 0 Å². The van der Waals surface area contributed by atoms with Gasteiger partial charge in [0.05, 0.1) is 17.2 Å². The van der Waals surface area contributed by atoms with Crippen LogP contribution in [0, 0.1) is 16.7 Å². The maximum atomic E-state index is 5.09. The van der Waals surface area contributed by atoms with Gasteiger partial charge in [0.2, 0.25) is 5.69 Å². The first kappa shape index (κ1) is 26.9. The average Bonchev–Trinajstić information content (AvgIpc) is 3.45. The summed E-state index contributed by atoms with van der Waals surface area (Å²) in [5.41, 5.74) is 9.42. The largest absolute Gasteiger partial charge is 0.248 e. The molecule has 0 N–H and O–H groups in total. The highest BCUT2D eigenvalue weighted by Crippen LogP contribution is 2.74. The van der Waals surface area contributed by atoms with Gasteiger partial charge in [0.1, 0.15) is 5.69 Å². The molecule has 2 nitrogen and oxygen atoms in total. The van der Waals surface area contributed by atoms with Crippen molar-refractivity contribution in [3.05, 3.63) is 46.9 Å². The van der Waals surface area contributed by atoms with Crippen molar-refractivity contribution >= 4 is 0 Å². The van der Waals surface area contributed by atoms with Crippen molar-refractivity contribution in [2.75, 3.05) is 0 Å². The first-order chi connectivity index (χ1) is 16.9. The quantitative estimate of drug-likeness (QED) is 0.384. The third kappa shape index (κ3) is 2.69. The highest BCUT2D eigenvalue weighted by molar-refractivity contribution is 5.72. The molecule has 5 rings (SSSR count). The Labute approximate surface area is 227 Å². The Balaban J connectivity index is 1.93. The van der Waals surface area contributed by atoms with Crippen molar-refractivity contribution in [3.63, 3.8) is 0 Å². The van der Waals surface area contributed by atoms with Gasteiger partial charge in [-0.25, -0.2) is 4.98 Å². The Morgan fingerprint density at radius 3 is 1.78 bits per heavy atom. The second-order valence-electron chi connectivity index (χ2n) is 15.8. The van der Waals surface area contributed by atoms with E-state index in [0.717, 1.165) is 6.42 Å². The van der Waals surface area contributed by atoms with E-state index in [1.165, 1.54) is 35.4 Å². The van der Waals surface area contributed by atoms with Gasteiger partial charge in [-0.1, -0.05) is 103 Å². The molecule has 2 heteroatoms. The number of benzene rings is 1. The summed E-state index contributed by atoms with van der Waals surface area (Å²) in [5.74, 6) is 0.650. The first-order valence-electron chi connectivity index (χ1n) is 15.0. The average molecular weight is 502 g/mol. The molecule has 1 aromatic carbocycles. The lowest BCUT2D eigenvalue weighted by atomic mass is 9.40. The monoisotopic (exact) mass is 501 g/mol. The number of fused-ring (bicyclic) bond motifs is 7. The fourth-order valence-corrected chi connectivity index (χ4v) is 9.42. The fourth-order valence-electron chi connectivity index (χ4n) is 9.42. The minimum atomic E-state index is 0.0280. The first-order valence-corrected chi connectivity index (χ1v) is 15.0. The summed E-state index contributed by atoms with van der Waals surface area (Å²) in [7, 11) is 0. The van der Waals surface area contributed by atoms with Crippen LogP contribution in [0.3, 0.4) is 0 Å². The van der Waals surface area contributed by atoms with Gasteiger partial charge in [-0.15, -0.1) is 0 Å². The van der Waals surface area contributed by atoms with E-state index >= 15 is 0 Å². The zero-order valence-electron chi connectivity index (χ0n) is 26.4. The van der Waals surface area contributed by atoms with Gasteiger partial charge >= 0.3 is 0 Å². The van der Waals surface area contributed by atoms with Crippen LogP contribution in [0.15, 0.2) is 24.5 Å². The lowest BCUT2D eigenvalue weighted by Gasteiger charge is -2.64. The molecule has 1 saturated carbocycles. The number of hydrogen-bond acceptors (Lipinski definition) is 1. The molecule has 3 unspecified atom stereocenters. The SMILES string of the molecule is CCC1C2(CC)c3cc4c(cc3-c3cnc(C(C)(C)C)c[n+]3C12CC)C(C)(C)C(C)(C)C(C)(C)C4(C)C. The van der Waals surface area contributed by atoms with Crippen molar-refractivity contribution in [1.82, 2.24) is 4.98 Å². The summed E-state index contributed by atoms with van der Waals surface area (Å²) < 4.78 is 2.71. The van der Waals surface area contributed by atoms with Gasteiger partial charge in [0, 0.05) is 17.8 Å². The van der Waals surface area contributed by atoms with E-state index in [4.69, 9.17) is 4.98 Å². The Hall–Kier alpha value is -1.70. The lowest BCUT2D eigenvalue weighted by molar-refractivity contribution is -0.739. The topological polar surface area (TPSA) is 16.8 Å². The number of rotatable bonds is 3. The molecule has 1 aromatic heterocycles. The smallest absolute Gasteiger partial charge is 0.231 e. The molecule has 3 atom stereocenters. The molecule has 2 aromatic rings. The summed E-state index contributed by atoms with van der Waals surface area (Å²) >= 11 is 0. The Morgan fingerprint density at radius 1 is 0.784 bits per heavy atom. The van der Waals surface area contributed by atoms with Gasteiger partial charge in [-0.2, -0.15) is 4.57 Å². The molecule has 0 radical (unpaired) electrons. The van der Waals surface area contributed by atoms with E-state index in [9.17, 15) is 0 Å². The van der Waals surface area contributed by atoms with Crippen LogP contribution >= 0.6 is 0 Å². The number of hydrogen-bond donors (Lipinski definition) is 0. The fraction of sp³-hybridized carbons (Fsp3) is 0.714. The minimum absolute atomic E-state index is 0.0280. The normalized spacial score (nSPS) is 31.6. The second-order valence-corrected chi connectivity index (χ2v) is 15.8. The Kier molecular flexibility index (Phi) is 5.29. The molecule has 0 bridgehead atoms. The minimum Gasteiger partial charge on any atom is -0.248 e. The molecule has 0 amide bonds. The molecule has 202 valence electrons. The summed E-state index contributed by atoms with van der Waals surface area (Å²) in [6.45, 7) is 34.2. The van der Waals surface area contributed by atoms with E-state index < -0.39 is 0 Å². The molecule has 2 aliphatic carbocycles. The summed E-state index contributed by atoms with van der Waals surface area (Å²) in [6, 6.07) is 5.32. The van der Waals surface area contributed by atoms with Crippen LogP contribution in [0.2, 0.25) is 0 Å². The molecule has 2 heterocycles. The summed E-state index contributed by atoms with van der Waals surface area (Å²) in [5, 5.41) is 0. The summed E-state index contributed by atoms with van der Waals surface area (Å²) in [4.78, 5) is 5.09. The van der Waals surface area contributed by atoms with Crippen LogP contribution in [-0.2, 0) is 27.2 Å². The molecule has 1 fully saturated rings. The van der Waals surface area contributed by atoms with Crippen molar-refractivity contribution in [3.8, 4) is 11.3 Å². The predicted molar refractivity (Wildman–Crippen MR) is 156 cm³/mol. The lowest BCUT2D eigenvalue weighted by Crippen LogP contribution is -2.60. The van der Waals surface area contributed by atoms with E-state index in [-0.39, 0.29) is 38.0 Å². The summed E-state index contributed by atoms with van der Waals surface area (Å²) in [6.07, 6.45) is 8.20. The molecular formula is C35H53N2+. The maximum Gasteiger partial charge on any atom is 0.231 e. The number of nitrogens with zero attached hydrogens (tertiary/aromatic N) is 2. The van der Waals surface area contributed by atoms with Crippen LogP contribution in [0.1, 0.15) is 139 Å². The van der Waals surface area contributed by atoms with E-state index in [1.54, 1.807) is 11.1 Å². The second kappa shape index (κ2) is 7.28. The van der Waals surface area contributed by atoms with Crippen LogP contribution in [0.25, 0.3) is 11.3 Å². The van der Waals surface area contributed by atoms with Crippen molar-refractivity contribution in [1.29, 1.82) is 0 Å². The Bertz CT molecular complexity index is 1290. The highest BCUT2D eigenvalue weighted by Gasteiger charge is 2.84. The van der Waals surface area contributed by atoms with Gasteiger partial charge in [0.15, 0.2) is 11.7 Å². The zero-order chi connectivity index (χ0) is 27.8. The third-order valence-electron chi connectivity index (χ3n) is 13.3. The molecular weight excluding hydrogens is 448 g/mol. The van der Waals surface area contributed by atoms with Crippen molar-refractivity contribution < 1.29 is 4.57 Å². The molecule has 3 aliphatic rings. The molecule has 1 aliphatic heterocycles. The van der Waals surface area contributed by atoms with Gasteiger partial charge in [-0.3, -0.25) is 0 Å². The molecule has 0 spiro atoms.